The van der Waals surface area contributed by atoms with E-state index in [1.165, 1.54) is 0 Å². The second-order valence-electron chi connectivity index (χ2n) is 4.65. The number of para-hydroxylation sites is 1. The normalized spacial score (nSPS) is 10.4. The lowest BCUT2D eigenvalue weighted by Gasteiger charge is -2.09. The van der Waals surface area contributed by atoms with E-state index in [1.807, 2.05) is 66.2 Å². The van der Waals surface area contributed by atoms with Crippen LogP contribution in [0.1, 0.15) is 11.3 Å². The minimum atomic E-state index is 0.540. The van der Waals surface area contributed by atoms with E-state index in [0.717, 1.165) is 22.8 Å². The van der Waals surface area contributed by atoms with Crippen LogP contribution < -0.4 is 4.74 Å². The minimum absolute atomic E-state index is 0.540. The molecule has 0 saturated heterocycles. The SMILES string of the molecule is Cc1cc(OCc2ccccc2)n(-c2ccccc2)n1. The number of ether oxygens (including phenoxy) is 1. The summed E-state index contributed by atoms with van der Waals surface area (Å²) >= 11 is 0. The van der Waals surface area contributed by atoms with Gasteiger partial charge in [0.05, 0.1) is 11.4 Å². The second kappa shape index (κ2) is 5.61. The highest BCUT2D eigenvalue weighted by Crippen LogP contribution is 2.20. The molecule has 3 heteroatoms. The lowest BCUT2D eigenvalue weighted by atomic mass is 10.2. The molecule has 0 N–H and O–H groups in total. The van der Waals surface area contributed by atoms with Gasteiger partial charge in [-0.25, -0.2) is 4.68 Å². The quantitative estimate of drug-likeness (QED) is 0.717. The number of hydrogen-bond acceptors (Lipinski definition) is 2. The zero-order valence-corrected chi connectivity index (χ0v) is 11.4. The van der Waals surface area contributed by atoms with Gasteiger partial charge >= 0.3 is 0 Å². The third-order valence-electron chi connectivity index (χ3n) is 3.03. The molecule has 20 heavy (non-hydrogen) atoms. The van der Waals surface area contributed by atoms with Crippen LogP contribution in [0.4, 0.5) is 0 Å². The van der Waals surface area contributed by atoms with Crippen molar-refractivity contribution >= 4 is 0 Å². The van der Waals surface area contributed by atoms with E-state index < -0.39 is 0 Å². The van der Waals surface area contributed by atoms with E-state index in [2.05, 4.69) is 17.2 Å². The summed E-state index contributed by atoms with van der Waals surface area (Å²) in [5.74, 6) is 0.762. The molecule has 100 valence electrons. The van der Waals surface area contributed by atoms with Crippen molar-refractivity contribution in [1.29, 1.82) is 0 Å². The van der Waals surface area contributed by atoms with E-state index in [4.69, 9.17) is 4.74 Å². The first kappa shape index (κ1) is 12.5. The Hall–Kier alpha value is -2.55. The Morgan fingerprint density at radius 2 is 1.60 bits per heavy atom. The molecule has 3 nitrogen and oxygen atoms in total. The van der Waals surface area contributed by atoms with Crippen molar-refractivity contribution in [1.82, 2.24) is 9.78 Å². The molecule has 3 aromatic rings. The Morgan fingerprint density at radius 1 is 0.950 bits per heavy atom. The van der Waals surface area contributed by atoms with E-state index in [-0.39, 0.29) is 0 Å². The summed E-state index contributed by atoms with van der Waals surface area (Å²) in [5.41, 5.74) is 3.09. The Morgan fingerprint density at radius 3 is 2.30 bits per heavy atom. The molecule has 1 aromatic heterocycles. The smallest absolute Gasteiger partial charge is 0.217 e. The van der Waals surface area contributed by atoms with Crippen LogP contribution in [0.3, 0.4) is 0 Å². The van der Waals surface area contributed by atoms with Gasteiger partial charge in [0.2, 0.25) is 5.88 Å². The summed E-state index contributed by atoms with van der Waals surface area (Å²) < 4.78 is 7.73. The van der Waals surface area contributed by atoms with Gasteiger partial charge in [-0.15, -0.1) is 0 Å². The first-order chi connectivity index (χ1) is 9.83. The molecule has 1 heterocycles. The van der Waals surface area contributed by atoms with E-state index in [1.54, 1.807) is 0 Å². The molecule has 0 atom stereocenters. The van der Waals surface area contributed by atoms with Crippen LogP contribution in [0.2, 0.25) is 0 Å². The molecular formula is C17H16N2O. The van der Waals surface area contributed by atoms with Gasteiger partial charge < -0.3 is 4.74 Å². The molecule has 0 aliphatic carbocycles. The molecule has 0 saturated carbocycles. The number of rotatable bonds is 4. The standard InChI is InChI=1S/C17H16N2O/c1-14-12-17(20-13-15-8-4-2-5-9-15)19(18-14)16-10-6-3-7-11-16/h2-12H,13H2,1H3. The van der Waals surface area contributed by atoms with Crippen molar-refractivity contribution in [3.8, 4) is 11.6 Å². The first-order valence-electron chi connectivity index (χ1n) is 6.62. The van der Waals surface area contributed by atoms with Crippen LogP contribution in [0.25, 0.3) is 5.69 Å². The molecule has 0 aliphatic heterocycles. The highest BCUT2D eigenvalue weighted by atomic mass is 16.5. The zero-order valence-electron chi connectivity index (χ0n) is 11.4. The monoisotopic (exact) mass is 264 g/mol. The second-order valence-corrected chi connectivity index (χ2v) is 4.65. The van der Waals surface area contributed by atoms with Crippen LogP contribution in [0.15, 0.2) is 66.7 Å². The molecule has 0 unspecified atom stereocenters. The summed E-state index contributed by atoms with van der Waals surface area (Å²) in [6.45, 7) is 2.51. The van der Waals surface area contributed by atoms with Gasteiger partial charge in [-0.05, 0) is 24.6 Å². The number of hydrogen-bond donors (Lipinski definition) is 0. The number of benzene rings is 2. The topological polar surface area (TPSA) is 27.1 Å². The van der Waals surface area contributed by atoms with Crippen molar-refractivity contribution in [2.24, 2.45) is 0 Å². The number of nitrogens with zero attached hydrogens (tertiary/aromatic N) is 2. The minimum Gasteiger partial charge on any atom is -0.473 e. The van der Waals surface area contributed by atoms with Gasteiger partial charge in [0.1, 0.15) is 6.61 Å². The fourth-order valence-corrected chi connectivity index (χ4v) is 2.06. The van der Waals surface area contributed by atoms with Gasteiger partial charge in [-0.2, -0.15) is 5.10 Å². The maximum Gasteiger partial charge on any atom is 0.217 e. The van der Waals surface area contributed by atoms with Gasteiger partial charge in [-0.1, -0.05) is 48.5 Å². The summed E-state index contributed by atoms with van der Waals surface area (Å²) in [4.78, 5) is 0. The maximum atomic E-state index is 5.90. The Balaban J connectivity index is 1.84. The highest BCUT2D eigenvalue weighted by Gasteiger charge is 2.08. The van der Waals surface area contributed by atoms with E-state index in [0.29, 0.717) is 6.61 Å². The summed E-state index contributed by atoms with van der Waals surface area (Å²) in [6, 6.07) is 22.1. The van der Waals surface area contributed by atoms with Crippen LogP contribution in [0.5, 0.6) is 5.88 Å². The number of aromatic nitrogens is 2. The van der Waals surface area contributed by atoms with Crippen LogP contribution in [-0.4, -0.2) is 9.78 Å². The van der Waals surface area contributed by atoms with Crippen LogP contribution in [-0.2, 0) is 6.61 Å². The van der Waals surface area contributed by atoms with E-state index >= 15 is 0 Å². The molecule has 0 aliphatic rings. The number of aryl methyl sites for hydroxylation is 1. The fraction of sp³-hybridized carbons (Fsp3) is 0.118. The average molecular weight is 264 g/mol. The molecule has 0 radical (unpaired) electrons. The molecule has 0 amide bonds. The van der Waals surface area contributed by atoms with Crippen LogP contribution in [0, 0.1) is 6.92 Å². The molecular weight excluding hydrogens is 248 g/mol. The Kier molecular flexibility index (Phi) is 3.50. The van der Waals surface area contributed by atoms with Gasteiger partial charge in [0, 0.05) is 6.07 Å². The predicted octanol–water partition coefficient (Wildman–Crippen LogP) is 3.76. The Labute approximate surface area is 118 Å². The largest absolute Gasteiger partial charge is 0.473 e. The van der Waals surface area contributed by atoms with Crippen molar-refractivity contribution in [2.75, 3.05) is 0 Å². The van der Waals surface area contributed by atoms with Crippen molar-refractivity contribution < 1.29 is 4.74 Å². The predicted molar refractivity (Wildman–Crippen MR) is 79.1 cm³/mol. The van der Waals surface area contributed by atoms with Crippen LogP contribution >= 0.6 is 0 Å². The summed E-state index contributed by atoms with van der Waals surface area (Å²) in [6.07, 6.45) is 0. The summed E-state index contributed by atoms with van der Waals surface area (Å²) in [7, 11) is 0. The molecule has 0 fully saturated rings. The highest BCUT2D eigenvalue weighted by molar-refractivity contribution is 5.35. The van der Waals surface area contributed by atoms with Gasteiger partial charge in [0.15, 0.2) is 0 Å². The van der Waals surface area contributed by atoms with E-state index in [9.17, 15) is 0 Å². The third-order valence-corrected chi connectivity index (χ3v) is 3.03. The fourth-order valence-electron chi connectivity index (χ4n) is 2.06. The molecule has 0 bridgehead atoms. The van der Waals surface area contributed by atoms with Crippen molar-refractivity contribution in [3.05, 3.63) is 78.0 Å². The van der Waals surface area contributed by atoms with Crippen molar-refractivity contribution in [2.45, 2.75) is 13.5 Å². The van der Waals surface area contributed by atoms with Gasteiger partial charge in [0.25, 0.3) is 0 Å². The molecule has 0 spiro atoms. The zero-order chi connectivity index (χ0) is 13.8. The lowest BCUT2D eigenvalue weighted by molar-refractivity contribution is 0.285. The Bertz CT molecular complexity index is 675. The first-order valence-corrected chi connectivity index (χ1v) is 6.62. The average Bonchev–Trinajstić information content (AvgIpc) is 2.88. The molecule has 2 aromatic carbocycles. The lowest BCUT2D eigenvalue weighted by Crippen LogP contribution is -2.03. The van der Waals surface area contributed by atoms with Crippen molar-refractivity contribution in [3.63, 3.8) is 0 Å². The summed E-state index contributed by atoms with van der Waals surface area (Å²) in [5, 5.41) is 4.48. The molecule has 3 rings (SSSR count). The van der Waals surface area contributed by atoms with Gasteiger partial charge in [-0.3, -0.25) is 0 Å². The maximum absolute atomic E-state index is 5.90. The third kappa shape index (κ3) is 2.72.